The van der Waals surface area contributed by atoms with Crippen molar-refractivity contribution < 1.29 is 19.1 Å². The summed E-state index contributed by atoms with van der Waals surface area (Å²) in [4.78, 5) is 28.6. The zero-order valence-electron chi connectivity index (χ0n) is 16.8. The molecule has 2 aromatic carbocycles. The Morgan fingerprint density at radius 3 is 2.68 bits per heavy atom. The molecule has 6 nitrogen and oxygen atoms in total. The Morgan fingerprint density at radius 1 is 1.21 bits per heavy atom. The van der Waals surface area contributed by atoms with Gasteiger partial charge in [-0.2, -0.15) is 0 Å². The smallest absolute Gasteiger partial charge is 0.348 e. The number of hydrogen-bond acceptors (Lipinski definition) is 5. The fourth-order valence-electron chi connectivity index (χ4n) is 3.41. The molecular weight excluding hydrogens is 356 g/mol. The molecule has 28 heavy (non-hydrogen) atoms. The lowest BCUT2D eigenvalue weighted by molar-refractivity contribution is -0.148. The molecule has 0 fully saturated rings. The minimum absolute atomic E-state index is 0.0862. The van der Waals surface area contributed by atoms with Crippen LogP contribution in [-0.2, 0) is 20.9 Å². The van der Waals surface area contributed by atoms with E-state index in [0.717, 1.165) is 0 Å². The third-order valence-corrected chi connectivity index (χ3v) is 4.88. The van der Waals surface area contributed by atoms with Gasteiger partial charge in [0.15, 0.2) is 0 Å². The van der Waals surface area contributed by atoms with Gasteiger partial charge in [-0.3, -0.25) is 9.69 Å². The van der Waals surface area contributed by atoms with Gasteiger partial charge in [0.05, 0.1) is 25.9 Å². The van der Waals surface area contributed by atoms with E-state index in [1.165, 1.54) is 23.8 Å². The molecule has 1 heterocycles. The first-order valence-corrected chi connectivity index (χ1v) is 9.27. The standard InChI is InChI=1S/C22H26N2O4/c1-15-9-10-17(16(2)11-15)12-23(3)14-21(25)24-13-20(22(26)27-4)28-19-8-6-5-7-18(19)24/h5-11,20H,12-14H2,1-4H3. The third-order valence-electron chi connectivity index (χ3n) is 4.88. The van der Waals surface area contributed by atoms with Gasteiger partial charge in [0.2, 0.25) is 12.0 Å². The van der Waals surface area contributed by atoms with Crippen molar-refractivity contribution in [2.75, 3.05) is 32.1 Å². The molecular formula is C22H26N2O4. The van der Waals surface area contributed by atoms with E-state index in [0.29, 0.717) is 18.0 Å². The largest absolute Gasteiger partial charge is 0.475 e. The summed E-state index contributed by atoms with van der Waals surface area (Å²) < 4.78 is 10.5. The zero-order chi connectivity index (χ0) is 20.3. The van der Waals surface area contributed by atoms with E-state index in [-0.39, 0.29) is 19.0 Å². The number of hydrogen-bond donors (Lipinski definition) is 0. The second-order valence-corrected chi connectivity index (χ2v) is 7.20. The minimum atomic E-state index is -0.825. The van der Waals surface area contributed by atoms with Crippen molar-refractivity contribution in [3.63, 3.8) is 0 Å². The zero-order valence-corrected chi connectivity index (χ0v) is 16.8. The van der Waals surface area contributed by atoms with E-state index in [9.17, 15) is 9.59 Å². The van der Waals surface area contributed by atoms with Crippen LogP contribution in [0.15, 0.2) is 42.5 Å². The number of benzene rings is 2. The minimum Gasteiger partial charge on any atom is -0.475 e. The number of ether oxygens (including phenoxy) is 2. The maximum absolute atomic E-state index is 13.0. The van der Waals surface area contributed by atoms with Gasteiger partial charge in [0.1, 0.15) is 5.75 Å². The van der Waals surface area contributed by atoms with Crippen molar-refractivity contribution in [2.24, 2.45) is 0 Å². The number of carbonyl (C=O) groups excluding carboxylic acids is 2. The molecule has 0 N–H and O–H groups in total. The molecule has 1 aliphatic heterocycles. The number of likely N-dealkylation sites (N-methyl/N-ethyl adjacent to an activating group) is 1. The summed E-state index contributed by atoms with van der Waals surface area (Å²) in [5, 5.41) is 0. The second kappa shape index (κ2) is 8.44. The lowest BCUT2D eigenvalue weighted by Gasteiger charge is -2.34. The predicted octanol–water partition coefficient (Wildman–Crippen LogP) is 2.70. The van der Waals surface area contributed by atoms with Gasteiger partial charge in [0, 0.05) is 6.54 Å². The summed E-state index contributed by atoms with van der Waals surface area (Å²) in [5.41, 5.74) is 4.30. The van der Waals surface area contributed by atoms with Crippen molar-refractivity contribution in [1.82, 2.24) is 4.90 Å². The number of amides is 1. The van der Waals surface area contributed by atoms with Crippen LogP contribution in [0.4, 0.5) is 5.69 Å². The van der Waals surface area contributed by atoms with Crippen molar-refractivity contribution in [1.29, 1.82) is 0 Å². The van der Waals surface area contributed by atoms with E-state index in [4.69, 9.17) is 9.47 Å². The van der Waals surface area contributed by atoms with E-state index in [2.05, 4.69) is 32.0 Å². The van der Waals surface area contributed by atoms with Gasteiger partial charge in [-0.05, 0) is 44.2 Å². The Bertz CT molecular complexity index is 881. The number of methoxy groups -OCH3 is 1. The number of aryl methyl sites for hydroxylation is 2. The summed E-state index contributed by atoms with van der Waals surface area (Å²) in [6.45, 7) is 5.19. The van der Waals surface area contributed by atoms with Crippen LogP contribution in [0.1, 0.15) is 16.7 Å². The number of esters is 1. The number of nitrogens with zero attached hydrogens (tertiary/aromatic N) is 2. The first kappa shape index (κ1) is 19.9. The average Bonchev–Trinajstić information content (AvgIpc) is 2.68. The van der Waals surface area contributed by atoms with Crippen LogP contribution in [-0.4, -0.2) is 50.1 Å². The highest BCUT2D eigenvalue weighted by atomic mass is 16.6. The van der Waals surface area contributed by atoms with Crippen LogP contribution < -0.4 is 9.64 Å². The van der Waals surface area contributed by atoms with Crippen LogP contribution in [0.5, 0.6) is 5.75 Å². The maximum atomic E-state index is 13.0. The number of anilines is 1. The van der Waals surface area contributed by atoms with Crippen molar-refractivity contribution in [3.05, 3.63) is 59.2 Å². The quantitative estimate of drug-likeness (QED) is 0.744. The molecule has 0 saturated heterocycles. The molecule has 0 saturated carbocycles. The van der Waals surface area contributed by atoms with Gasteiger partial charge < -0.3 is 14.4 Å². The van der Waals surface area contributed by atoms with Crippen LogP contribution in [0.25, 0.3) is 0 Å². The van der Waals surface area contributed by atoms with Crippen LogP contribution >= 0.6 is 0 Å². The highest BCUT2D eigenvalue weighted by molar-refractivity contribution is 5.98. The Labute approximate surface area is 165 Å². The van der Waals surface area contributed by atoms with Gasteiger partial charge in [0.25, 0.3) is 0 Å². The lowest BCUT2D eigenvalue weighted by Crippen LogP contribution is -2.49. The van der Waals surface area contributed by atoms with Crippen molar-refractivity contribution in [3.8, 4) is 5.75 Å². The van der Waals surface area contributed by atoms with Crippen molar-refractivity contribution in [2.45, 2.75) is 26.5 Å². The molecule has 0 bridgehead atoms. The fraction of sp³-hybridized carbons (Fsp3) is 0.364. The molecule has 148 valence electrons. The molecule has 2 aromatic rings. The second-order valence-electron chi connectivity index (χ2n) is 7.20. The first-order chi connectivity index (χ1) is 13.4. The summed E-state index contributed by atoms with van der Waals surface area (Å²) in [6, 6.07) is 13.6. The monoisotopic (exact) mass is 382 g/mol. The van der Waals surface area contributed by atoms with Gasteiger partial charge in [-0.25, -0.2) is 4.79 Å². The molecule has 1 unspecified atom stereocenters. The summed E-state index contributed by atoms with van der Waals surface area (Å²) in [6.07, 6.45) is -0.825. The summed E-state index contributed by atoms with van der Waals surface area (Å²) in [5.74, 6) is -0.0672. The molecule has 0 radical (unpaired) electrons. The maximum Gasteiger partial charge on any atom is 0.348 e. The first-order valence-electron chi connectivity index (χ1n) is 9.27. The lowest BCUT2D eigenvalue weighted by atomic mass is 10.1. The van der Waals surface area contributed by atoms with Crippen LogP contribution in [0.3, 0.4) is 0 Å². The molecule has 0 spiro atoms. The fourth-order valence-corrected chi connectivity index (χ4v) is 3.41. The van der Waals surface area contributed by atoms with E-state index < -0.39 is 12.1 Å². The number of para-hydroxylation sites is 2. The number of fused-ring (bicyclic) bond motifs is 1. The Morgan fingerprint density at radius 2 is 1.96 bits per heavy atom. The number of carbonyl (C=O) groups is 2. The van der Waals surface area contributed by atoms with Gasteiger partial charge in [-0.1, -0.05) is 35.9 Å². The highest BCUT2D eigenvalue weighted by Crippen LogP contribution is 2.33. The molecule has 3 rings (SSSR count). The topological polar surface area (TPSA) is 59.1 Å². The van der Waals surface area contributed by atoms with Crippen molar-refractivity contribution >= 4 is 17.6 Å². The molecule has 0 aliphatic carbocycles. The Hall–Kier alpha value is -2.86. The predicted molar refractivity (Wildman–Crippen MR) is 107 cm³/mol. The molecule has 1 amide bonds. The summed E-state index contributed by atoms with van der Waals surface area (Å²) in [7, 11) is 3.23. The normalized spacial score (nSPS) is 15.8. The average molecular weight is 382 g/mol. The van der Waals surface area contributed by atoms with Crippen LogP contribution in [0, 0.1) is 13.8 Å². The molecule has 1 aliphatic rings. The van der Waals surface area contributed by atoms with E-state index in [1.54, 1.807) is 11.0 Å². The SMILES string of the molecule is COC(=O)C1CN(C(=O)CN(C)Cc2ccc(C)cc2C)c2ccccc2O1. The molecule has 0 aromatic heterocycles. The Balaban J connectivity index is 1.74. The van der Waals surface area contributed by atoms with E-state index in [1.807, 2.05) is 30.1 Å². The highest BCUT2D eigenvalue weighted by Gasteiger charge is 2.34. The van der Waals surface area contributed by atoms with Gasteiger partial charge >= 0.3 is 5.97 Å². The molecule has 6 heteroatoms. The Kier molecular flexibility index (Phi) is 5.99. The van der Waals surface area contributed by atoms with E-state index >= 15 is 0 Å². The third kappa shape index (κ3) is 4.34. The molecule has 1 atom stereocenters. The van der Waals surface area contributed by atoms with Crippen LogP contribution in [0.2, 0.25) is 0 Å². The summed E-state index contributed by atoms with van der Waals surface area (Å²) >= 11 is 0. The van der Waals surface area contributed by atoms with Gasteiger partial charge in [-0.15, -0.1) is 0 Å². The number of rotatable bonds is 5.